The number of hydrogen-bond acceptors (Lipinski definition) is 5. The van der Waals surface area contributed by atoms with Crippen molar-refractivity contribution in [2.75, 3.05) is 27.3 Å². The lowest BCUT2D eigenvalue weighted by Gasteiger charge is -2.21. The second kappa shape index (κ2) is 9.43. The lowest BCUT2D eigenvalue weighted by atomic mass is 10.1. The largest absolute Gasteiger partial charge is 0.493 e. The Morgan fingerprint density at radius 3 is 2.56 bits per heavy atom. The molecule has 0 heterocycles. The van der Waals surface area contributed by atoms with Gasteiger partial charge in [0.15, 0.2) is 17.3 Å². The molecule has 1 atom stereocenters. The molecule has 0 amide bonds. The first-order valence-electron chi connectivity index (χ1n) is 8.42. The molecule has 0 bridgehead atoms. The Morgan fingerprint density at radius 2 is 1.93 bits per heavy atom. The zero-order chi connectivity index (χ0) is 20.0. The third-order valence-electron chi connectivity index (χ3n) is 3.98. The van der Waals surface area contributed by atoms with E-state index in [1.807, 2.05) is 0 Å². The molecule has 0 fully saturated rings. The van der Waals surface area contributed by atoms with E-state index in [1.54, 1.807) is 30.1 Å². The van der Waals surface area contributed by atoms with Gasteiger partial charge in [0, 0.05) is 30.3 Å². The average Bonchev–Trinajstić information content (AvgIpc) is 2.62. The molecule has 0 radical (unpaired) electrons. The quantitative estimate of drug-likeness (QED) is 0.679. The molecular formula is C20H23F2NO4. The van der Waals surface area contributed by atoms with Gasteiger partial charge in [0.1, 0.15) is 24.3 Å². The number of methoxy groups -OCH3 is 1. The van der Waals surface area contributed by atoms with Crippen LogP contribution in [0.25, 0.3) is 0 Å². The van der Waals surface area contributed by atoms with E-state index in [9.17, 15) is 18.7 Å². The third-order valence-corrected chi connectivity index (χ3v) is 3.98. The predicted molar refractivity (Wildman–Crippen MR) is 97.2 cm³/mol. The number of aliphatic hydroxyl groups excluding tert-OH is 1. The maximum absolute atomic E-state index is 13.7. The number of ketones is 1. The molecule has 0 aliphatic carbocycles. The minimum Gasteiger partial charge on any atom is -0.493 e. The van der Waals surface area contributed by atoms with E-state index >= 15 is 0 Å². The van der Waals surface area contributed by atoms with E-state index in [-0.39, 0.29) is 25.5 Å². The highest BCUT2D eigenvalue weighted by Crippen LogP contribution is 2.28. The number of ether oxygens (including phenoxy) is 2. The van der Waals surface area contributed by atoms with Gasteiger partial charge >= 0.3 is 0 Å². The lowest BCUT2D eigenvalue weighted by Crippen LogP contribution is -2.33. The molecular weight excluding hydrogens is 356 g/mol. The van der Waals surface area contributed by atoms with Crippen LogP contribution in [-0.2, 0) is 6.54 Å². The monoisotopic (exact) mass is 379 g/mol. The summed E-state index contributed by atoms with van der Waals surface area (Å²) in [5.41, 5.74) is 0.842. The van der Waals surface area contributed by atoms with Crippen LogP contribution in [0.3, 0.4) is 0 Å². The van der Waals surface area contributed by atoms with Crippen molar-refractivity contribution in [3.63, 3.8) is 0 Å². The normalized spacial score (nSPS) is 12.1. The summed E-state index contributed by atoms with van der Waals surface area (Å²) in [6.45, 7) is 1.90. The predicted octanol–water partition coefficient (Wildman–Crippen LogP) is 3.05. The molecule has 27 heavy (non-hydrogen) atoms. The summed E-state index contributed by atoms with van der Waals surface area (Å²) >= 11 is 0. The molecule has 0 unspecified atom stereocenters. The molecule has 2 aromatic carbocycles. The summed E-state index contributed by atoms with van der Waals surface area (Å²) < 4.78 is 37.4. The van der Waals surface area contributed by atoms with Crippen LogP contribution in [0.15, 0.2) is 36.4 Å². The molecule has 0 aromatic heterocycles. The Balaban J connectivity index is 1.90. The van der Waals surface area contributed by atoms with E-state index in [2.05, 4.69) is 0 Å². The van der Waals surface area contributed by atoms with Gasteiger partial charge in [0.05, 0.1) is 7.11 Å². The van der Waals surface area contributed by atoms with Gasteiger partial charge in [-0.15, -0.1) is 0 Å². The molecule has 0 saturated heterocycles. The van der Waals surface area contributed by atoms with Crippen molar-refractivity contribution in [2.24, 2.45) is 0 Å². The Hall–Kier alpha value is -2.51. The fourth-order valence-corrected chi connectivity index (χ4v) is 2.61. The zero-order valence-corrected chi connectivity index (χ0v) is 15.5. The number of rotatable bonds is 9. The van der Waals surface area contributed by atoms with Gasteiger partial charge in [-0.1, -0.05) is 6.07 Å². The Labute approximate surface area is 157 Å². The number of carbonyl (C=O) groups is 1. The van der Waals surface area contributed by atoms with E-state index in [0.717, 1.165) is 6.07 Å². The summed E-state index contributed by atoms with van der Waals surface area (Å²) in [5.74, 6) is -0.528. The van der Waals surface area contributed by atoms with E-state index in [4.69, 9.17) is 9.47 Å². The summed E-state index contributed by atoms with van der Waals surface area (Å²) in [5, 5.41) is 10.2. The minimum absolute atomic E-state index is 0.00792. The van der Waals surface area contributed by atoms with Crippen LogP contribution < -0.4 is 9.47 Å². The molecule has 2 aromatic rings. The number of hydrogen-bond donors (Lipinski definition) is 1. The summed E-state index contributed by atoms with van der Waals surface area (Å²) in [7, 11) is 3.18. The lowest BCUT2D eigenvalue weighted by molar-refractivity contribution is 0.0729. The van der Waals surface area contributed by atoms with Crippen molar-refractivity contribution in [1.82, 2.24) is 4.90 Å². The number of likely N-dealkylation sites (N-methyl/N-ethyl adjacent to an activating group) is 1. The first-order chi connectivity index (χ1) is 12.8. The van der Waals surface area contributed by atoms with Crippen molar-refractivity contribution < 1.29 is 28.2 Å². The number of nitrogens with zero attached hydrogens (tertiary/aromatic N) is 1. The highest BCUT2D eigenvalue weighted by molar-refractivity contribution is 5.94. The van der Waals surface area contributed by atoms with Crippen molar-refractivity contribution in [3.05, 3.63) is 59.2 Å². The first-order valence-corrected chi connectivity index (χ1v) is 8.42. The SMILES string of the molecule is COc1cc(C(C)=O)ccc1OC[C@H](O)CN(C)Cc1ccc(F)cc1F. The molecule has 7 heteroatoms. The fourth-order valence-electron chi connectivity index (χ4n) is 2.61. The highest BCUT2D eigenvalue weighted by Gasteiger charge is 2.14. The second-order valence-corrected chi connectivity index (χ2v) is 6.32. The number of halogens is 2. The van der Waals surface area contributed by atoms with Crippen LogP contribution >= 0.6 is 0 Å². The highest BCUT2D eigenvalue weighted by atomic mass is 19.1. The van der Waals surface area contributed by atoms with Gasteiger partial charge in [0.25, 0.3) is 0 Å². The smallest absolute Gasteiger partial charge is 0.161 e. The summed E-state index contributed by atoms with van der Waals surface area (Å²) in [6.07, 6.45) is -0.837. The van der Waals surface area contributed by atoms with E-state index in [1.165, 1.54) is 26.2 Å². The van der Waals surface area contributed by atoms with Crippen molar-refractivity contribution >= 4 is 5.78 Å². The molecule has 5 nitrogen and oxygen atoms in total. The van der Waals surface area contributed by atoms with Crippen LogP contribution in [0.1, 0.15) is 22.8 Å². The maximum Gasteiger partial charge on any atom is 0.161 e. The van der Waals surface area contributed by atoms with Gasteiger partial charge in [0.2, 0.25) is 0 Å². The van der Waals surface area contributed by atoms with Gasteiger partial charge < -0.3 is 14.6 Å². The molecule has 0 spiro atoms. The van der Waals surface area contributed by atoms with Crippen LogP contribution in [0.4, 0.5) is 8.78 Å². The first kappa shape index (κ1) is 20.8. The van der Waals surface area contributed by atoms with Crippen LogP contribution in [0.2, 0.25) is 0 Å². The third kappa shape index (κ3) is 6.01. The maximum atomic E-state index is 13.7. The number of aliphatic hydroxyl groups is 1. The molecule has 0 aliphatic heterocycles. The van der Waals surface area contributed by atoms with Gasteiger partial charge in [-0.05, 0) is 38.2 Å². The fraction of sp³-hybridized carbons (Fsp3) is 0.350. The molecule has 146 valence electrons. The average molecular weight is 379 g/mol. The number of Topliss-reactive ketones (excluding diaryl/α,β-unsaturated/α-hetero) is 1. The van der Waals surface area contributed by atoms with E-state index in [0.29, 0.717) is 22.6 Å². The molecule has 0 aliphatic rings. The Bertz CT molecular complexity index is 798. The topological polar surface area (TPSA) is 59.0 Å². The van der Waals surface area contributed by atoms with Gasteiger partial charge in [-0.3, -0.25) is 9.69 Å². The van der Waals surface area contributed by atoms with E-state index < -0.39 is 17.7 Å². The Morgan fingerprint density at radius 1 is 1.19 bits per heavy atom. The molecule has 1 N–H and O–H groups in total. The Kier molecular flexibility index (Phi) is 7.27. The number of carbonyl (C=O) groups excluding carboxylic acids is 1. The number of benzene rings is 2. The zero-order valence-electron chi connectivity index (χ0n) is 15.5. The summed E-state index contributed by atoms with van der Waals surface area (Å²) in [4.78, 5) is 13.1. The standard InChI is InChI=1S/C20H23F2NO4/c1-13(24)14-5-7-19(20(8-14)26-3)27-12-17(25)11-23(2)10-15-4-6-16(21)9-18(15)22/h4-9,17,25H,10-12H2,1-3H3/t17-/m1/s1. The van der Waals surface area contributed by atoms with Crippen LogP contribution in [0, 0.1) is 11.6 Å². The molecule has 2 rings (SSSR count). The van der Waals surface area contributed by atoms with Gasteiger partial charge in [-0.25, -0.2) is 8.78 Å². The van der Waals surface area contributed by atoms with Gasteiger partial charge in [-0.2, -0.15) is 0 Å². The van der Waals surface area contributed by atoms with Crippen molar-refractivity contribution in [3.8, 4) is 11.5 Å². The molecule has 0 saturated carbocycles. The summed E-state index contributed by atoms with van der Waals surface area (Å²) in [6, 6.07) is 8.22. The second-order valence-electron chi connectivity index (χ2n) is 6.32. The van der Waals surface area contributed by atoms with Crippen LogP contribution in [0.5, 0.6) is 11.5 Å². The minimum atomic E-state index is -0.837. The van der Waals surface area contributed by atoms with Crippen molar-refractivity contribution in [2.45, 2.75) is 19.6 Å². The van der Waals surface area contributed by atoms with Crippen LogP contribution in [-0.4, -0.2) is 49.2 Å². The van der Waals surface area contributed by atoms with Crippen molar-refractivity contribution in [1.29, 1.82) is 0 Å².